The van der Waals surface area contributed by atoms with Crippen LogP contribution in [0, 0.1) is 6.92 Å². The zero-order chi connectivity index (χ0) is 9.90. The molecule has 0 aliphatic carbocycles. The van der Waals surface area contributed by atoms with E-state index in [0.29, 0.717) is 0 Å². The molecule has 0 saturated carbocycles. The molecule has 0 fully saturated rings. The first-order chi connectivity index (χ1) is 5.97. The molecule has 0 aromatic heterocycles. The lowest BCUT2D eigenvalue weighted by atomic mass is 10.1. The molecule has 0 aliphatic rings. The number of rotatable bonds is 3. The molecule has 0 atom stereocenters. The van der Waals surface area contributed by atoms with Crippen LogP contribution in [0.4, 0.5) is 0 Å². The highest BCUT2D eigenvalue weighted by atomic mass is 31.2. The van der Waals surface area contributed by atoms with Gasteiger partial charge in [0, 0.05) is 0 Å². The summed E-state index contributed by atoms with van der Waals surface area (Å²) in [5.41, 5.74) is 1.79. The number of benzene rings is 1. The highest BCUT2D eigenvalue weighted by molar-refractivity contribution is 7.46. The number of phosphoric acid groups is 1. The van der Waals surface area contributed by atoms with Gasteiger partial charge in [0.2, 0.25) is 0 Å². The third-order valence-electron chi connectivity index (χ3n) is 1.48. The van der Waals surface area contributed by atoms with E-state index in [1.165, 1.54) is 0 Å². The van der Waals surface area contributed by atoms with Crippen LogP contribution in [0.15, 0.2) is 24.3 Å². The maximum atomic E-state index is 10.4. The molecule has 5 heteroatoms. The molecule has 1 aromatic carbocycles. The molecule has 1 aromatic rings. The second-order valence-electron chi connectivity index (χ2n) is 2.75. The van der Waals surface area contributed by atoms with Crippen molar-refractivity contribution in [2.24, 2.45) is 0 Å². The van der Waals surface area contributed by atoms with Crippen LogP contribution in [0.5, 0.6) is 0 Å². The van der Waals surface area contributed by atoms with Gasteiger partial charge in [0.05, 0.1) is 6.61 Å². The quantitative estimate of drug-likeness (QED) is 0.730. The van der Waals surface area contributed by atoms with E-state index in [-0.39, 0.29) is 6.61 Å². The number of aryl methyl sites for hydroxylation is 1. The zero-order valence-electron chi connectivity index (χ0n) is 7.17. The number of phosphoric ester groups is 1. The summed E-state index contributed by atoms with van der Waals surface area (Å²) in [7, 11) is -4.35. The van der Waals surface area contributed by atoms with Crippen molar-refractivity contribution in [1.29, 1.82) is 0 Å². The van der Waals surface area contributed by atoms with E-state index in [9.17, 15) is 4.57 Å². The van der Waals surface area contributed by atoms with E-state index >= 15 is 0 Å². The Hall–Kier alpha value is -0.670. The van der Waals surface area contributed by atoms with Crippen molar-refractivity contribution in [3.05, 3.63) is 35.4 Å². The summed E-state index contributed by atoms with van der Waals surface area (Å²) < 4.78 is 14.7. The largest absolute Gasteiger partial charge is 0.469 e. The van der Waals surface area contributed by atoms with Crippen molar-refractivity contribution in [3.8, 4) is 0 Å². The Morgan fingerprint density at radius 1 is 1.46 bits per heavy atom. The van der Waals surface area contributed by atoms with Gasteiger partial charge in [-0.3, -0.25) is 4.52 Å². The van der Waals surface area contributed by atoms with Crippen LogP contribution in [0.1, 0.15) is 11.1 Å². The monoisotopic (exact) mass is 202 g/mol. The molecule has 13 heavy (non-hydrogen) atoms. The Labute approximate surface area is 76.4 Å². The van der Waals surface area contributed by atoms with Gasteiger partial charge in [0.25, 0.3) is 0 Å². The molecular formula is C8H11O4P. The van der Waals surface area contributed by atoms with Crippen molar-refractivity contribution in [1.82, 2.24) is 0 Å². The predicted molar refractivity (Wildman–Crippen MR) is 48.0 cm³/mol. The van der Waals surface area contributed by atoms with E-state index in [1.807, 2.05) is 25.1 Å². The van der Waals surface area contributed by atoms with Crippen LogP contribution in [0.3, 0.4) is 0 Å². The van der Waals surface area contributed by atoms with Crippen LogP contribution in [0.2, 0.25) is 0 Å². The van der Waals surface area contributed by atoms with E-state index in [0.717, 1.165) is 11.1 Å². The van der Waals surface area contributed by atoms with Crippen LogP contribution >= 0.6 is 7.82 Å². The van der Waals surface area contributed by atoms with Gasteiger partial charge in [-0.1, -0.05) is 29.8 Å². The van der Waals surface area contributed by atoms with E-state index < -0.39 is 7.82 Å². The molecule has 1 rings (SSSR count). The molecule has 0 amide bonds. The van der Waals surface area contributed by atoms with Gasteiger partial charge in [-0.15, -0.1) is 0 Å². The Morgan fingerprint density at radius 3 is 2.69 bits per heavy atom. The standard InChI is InChI=1S/C8H11O4P/c1-7-3-2-4-8(5-7)6-12-13(9,10)11/h2-5H,6H2,1H3,(H2,9,10,11). The van der Waals surface area contributed by atoms with Crippen molar-refractivity contribution >= 4 is 7.82 Å². The summed E-state index contributed by atoms with van der Waals surface area (Å²) in [5.74, 6) is 0. The third kappa shape index (κ3) is 4.20. The zero-order valence-corrected chi connectivity index (χ0v) is 8.07. The SMILES string of the molecule is Cc1cccc(COP(=O)(O)O)c1. The van der Waals surface area contributed by atoms with Gasteiger partial charge in [-0.05, 0) is 12.5 Å². The smallest absolute Gasteiger partial charge is 0.303 e. The van der Waals surface area contributed by atoms with E-state index in [4.69, 9.17) is 9.79 Å². The minimum absolute atomic E-state index is 0.0635. The first-order valence-corrected chi connectivity index (χ1v) is 5.26. The maximum absolute atomic E-state index is 10.4. The fraction of sp³-hybridized carbons (Fsp3) is 0.250. The molecule has 0 aliphatic heterocycles. The topological polar surface area (TPSA) is 66.8 Å². The molecule has 0 unspecified atom stereocenters. The summed E-state index contributed by atoms with van der Waals surface area (Å²) in [6.07, 6.45) is 0. The normalized spacial score (nSPS) is 11.6. The Kier molecular flexibility index (Phi) is 3.22. The Morgan fingerprint density at radius 2 is 2.15 bits per heavy atom. The van der Waals surface area contributed by atoms with Gasteiger partial charge in [0.1, 0.15) is 0 Å². The lowest BCUT2D eigenvalue weighted by Gasteiger charge is -2.05. The molecule has 2 N–H and O–H groups in total. The molecular weight excluding hydrogens is 191 g/mol. The van der Waals surface area contributed by atoms with Gasteiger partial charge < -0.3 is 9.79 Å². The summed E-state index contributed by atoms with van der Waals surface area (Å²) in [6, 6.07) is 7.28. The van der Waals surface area contributed by atoms with Gasteiger partial charge >= 0.3 is 7.82 Å². The fourth-order valence-electron chi connectivity index (χ4n) is 0.961. The lowest BCUT2D eigenvalue weighted by molar-refractivity contribution is 0.189. The number of hydrogen-bond donors (Lipinski definition) is 2. The van der Waals surface area contributed by atoms with Gasteiger partial charge in [-0.25, -0.2) is 4.57 Å². The first kappa shape index (κ1) is 10.4. The molecule has 0 saturated heterocycles. The fourth-order valence-corrected chi connectivity index (χ4v) is 1.28. The van der Waals surface area contributed by atoms with E-state index in [2.05, 4.69) is 4.52 Å². The minimum atomic E-state index is -4.35. The van der Waals surface area contributed by atoms with Crippen molar-refractivity contribution < 1.29 is 18.9 Å². The molecule has 0 spiro atoms. The molecule has 0 radical (unpaired) electrons. The molecule has 0 bridgehead atoms. The third-order valence-corrected chi connectivity index (χ3v) is 1.95. The maximum Gasteiger partial charge on any atom is 0.469 e. The summed E-state index contributed by atoms with van der Waals surface area (Å²) in [5, 5.41) is 0. The van der Waals surface area contributed by atoms with Crippen LogP contribution in [-0.4, -0.2) is 9.79 Å². The van der Waals surface area contributed by atoms with E-state index in [1.54, 1.807) is 6.07 Å². The molecule has 4 nitrogen and oxygen atoms in total. The first-order valence-electron chi connectivity index (χ1n) is 3.73. The van der Waals surface area contributed by atoms with Gasteiger partial charge in [0.15, 0.2) is 0 Å². The Bertz CT molecular complexity index is 331. The van der Waals surface area contributed by atoms with Crippen molar-refractivity contribution in [2.45, 2.75) is 13.5 Å². The second-order valence-corrected chi connectivity index (χ2v) is 3.99. The highest BCUT2D eigenvalue weighted by Gasteiger charge is 2.13. The van der Waals surface area contributed by atoms with Crippen molar-refractivity contribution in [3.63, 3.8) is 0 Å². The van der Waals surface area contributed by atoms with Gasteiger partial charge in [-0.2, -0.15) is 0 Å². The lowest BCUT2D eigenvalue weighted by Crippen LogP contribution is -1.90. The summed E-state index contributed by atoms with van der Waals surface area (Å²) in [4.78, 5) is 16.9. The van der Waals surface area contributed by atoms with Crippen LogP contribution in [-0.2, 0) is 15.7 Å². The average Bonchev–Trinajstić information content (AvgIpc) is 2.00. The average molecular weight is 202 g/mol. The predicted octanol–water partition coefficient (Wildman–Crippen LogP) is 1.60. The number of hydrogen-bond acceptors (Lipinski definition) is 2. The Balaban J connectivity index is 2.60. The summed E-state index contributed by atoms with van der Waals surface area (Å²) >= 11 is 0. The van der Waals surface area contributed by atoms with Crippen LogP contribution in [0.25, 0.3) is 0 Å². The summed E-state index contributed by atoms with van der Waals surface area (Å²) in [6.45, 7) is 1.84. The highest BCUT2D eigenvalue weighted by Crippen LogP contribution is 2.36. The second kappa shape index (κ2) is 4.03. The molecule has 72 valence electrons. The molecule has 0 heterocycles. The van der Waals surface area contributed by atoms with Crippen LogP contribution < -0.4 is 0 Å². The minimum Gasteiger partial charge on any atom is -0.303 e. The van der Waals surface area contributed by atoms with Crippen molar-refractivity contribution in [2.75, 3.05) is 0 Å².